The number of anilines is 2. The number of sulfonamides is 2. The molecule has 29 heteroatoms. The van der Waals surface area contributed by atoms with Gasteiger partial charge in [-0.15, -0.1) is 10.2 Å². The molecule has 12 rings (SSSR count). The van der Waals surface area contributed by atoms with E-state index in [1.54, 1.807) is 95.3 Å². The van der Waals surface area contributed by atoms with E-state index in [0.717, 1.165) is 39.3 Å². The molecule has 4 N–H and O–H groups in total. The Morgan fingerprint density at radius 2 is 0.932 bits per heavy atom. The Morgan fingerprint density at radius 1 is 0.523 bits per heavy atom. The van der Waals surface area contributed by atoms with Crippen molar-refractivity contribution >= 4 is 90.2 Å². The molecule has 0 spiro atoms. The number of aromatic amines is 2. The maximum atomic E-state index is 13.4. The van der Waals surface area contributed by atoms with Gasteiger partial charge in [0.2, 0.25) is 20.0 Å². The van der Waals surface area contributed by atoms with Crippen LogP contribution in [0, 0.1) is 0 Å². The van der Waals surface area contributed by atoms with Crippen LogP contribution in [0.5, 0.6) is 5.75 Å². The molecule has 4 aromatic heterocycles. The predicted octanol–water partition coefficient (Wildman–Crippen LogP) is 10.5. The van der Waals surface area contributed by atoms with Crippen molar-refractivity contribution in [3.63, 3.8) is 0 Å². The van der Waals surface area contributed by atoms with E-state index in [1.165, 1.54) is 11.4 Å². The molecule has 23 nitrogen and oxygen atoms in total. The van der Waals surface area contributed by atoms with Crippen LogP contribution >= 0.6 is 46.4 Å². The van der Waals surface area contributed by atoms with Crippen molar-refractivity contribution in [3.05, 3.63) is 205 Å². The number of halogens is 4. The van der Waals surface area contributed by atoms with Gasteiger partial charge in [-0.3, -0.25) is 29.6 Å². The Labute approximate surface area is 525 Å². The second-order valence-electron chi connectivity index (χ2n) is 20.7. The smallest absolute Gasteiger partial charge is 0.270 e. The van der Waals surface area contributed by atoms with Crippen molar-refractivity contribution in [2.45, 2.75) is 60.4 Å². The molecule has 6 heterocycles. The van der Waals surface area contributed by atoms with Gasteiger partial charge in [-0.2, -0.15) is 29.2 Å². The van der Waals surface area contributed by atoms with Crippen LogP contribution in [0.15, 0.2) is 161 Å². The first-order valence-electron chi connectivity index (χ1n) is 27.5. The summed E-state index contributed by atoms with van der Waals surface area (Å²) in [4.78, 5) is 25.6. The summed E-state index contributed by atoms with van der Waals surface area (Å²) in [7, 11) is -5.73. The first-order chi connectivity index (χ1) is 42.4. The van der Waals surface area contributed by atoms with Crippen LogP contribution in [0.4, 0.5) is 11.9 Å². The molecule has 452 valence electrons. The monoisotopic (exact) mass is 1300 g/mol. The van der Waals surface area contributed by atoms with Crippen molar-refractivity contribution in [2.24, 2.45) is 0 Å². The first kappa shape index (κ1) is 61.3. The molecule has 0 saturated carbocycles. The Kier molecular flexibility index (Phi) is 18.7. The zero-order valence-electron chi connectivity index (χ0n) is 46.7. The van der Waals surface area contributed by atoms with E-state index in [9.17, 15) is 26.4 Å². The number of tetrazole rings is 2. The minimum Gasteiger partial charge on any atom is -0.497 e. The average Bonchev–Trinajstić information content (AvgIpc) is 1.96. The molecule has 6 aromatic carbocycles. The van der Waals surface area contributed by atoms with Crippen LogP contribution in [0.2, 0.25) is 20.1 Å². The number of rotatable bonds is 17. The van der Waals surface area contributed by atoms with Gasteiger partial charge in [0, 0.05) is 97.8 Å². The number of carbonyl (C=O) groups excluding carboxylic acids is 2. The van der Waals surface area contributed by atoms with Gasteiger partial charge < -0.3 is 4.74 Å². The molecule has 0 aliphatic carbocycles. The van der Waals surface area contributed by atoms with Gasteiger partial charge in [-0.25, -0.2) is 16.8 Å². The number of methoxy groups -OCH3 is 1. The Balaban J connectivity index is 0.000000182. The second-order valence-corrected chi connectivity index (χ2v) is 26.3. The zero-order chi connectivity index (χ0) is 61.5. The minimum atomic E-state index is -3.68. The first-order valence-corrected chi connectivity index (χ1v) is 31.9. The van der Waals surface area contributed by atoms with Crippen LogP contribution < -0.4 is 15.4 Å². The molecule has 2 fully saturated rings. The maximum absolute atomic E-state index is 13.4. The van der Waals surface area contributed by atoms with Gasteiger partial charge in [-0.05, 0) is 144 Å². The summed E-state index contributed by atoms with van der Waals surface area (Å²) < 4.78 is 65.4. The quantitative estimate of drug-likeness (QED) is 0.0659. The Morgan fingerprint density at radius 3 is 1.33 bits per heavy atom. The summed E-state index contributed by atoms with van der Waals surface area (Å²) in [6.45, 7) is 2.39. The Bertz CT molecular complexity index is 4280. The van der Waals surface area contributed by atoms with Gasteiger partial charge in [0.15, 0.2) is 0 Å². The lowest BCUT2D eigenvalue weighted by atomic mass is 9.93. The number of aromatic nitrogens is 12. The van der Waals surface area contributed by atoms with Crippen molar-refractivity contribution in [2.75, 3.05) is 43.9 Å². The summed E-state index contributed by atoms with van der Waals surface area (Å²) in [5, 5.41) is 43.4. The highest BCUT2D eigenvalue weighted by Crippen LogP contribution is 2.37. The van der Waals surface area contributed by atoms with Gasteiger partial charge >= 0.3 is 0 Å². The molecule has 2 aliphatic rings. The van der Waals surface area contributed by atoms with E-state index in [-0.39, 0.29) is 40.4 Å². The van der Waals surface area contributed by atoms with Crippen molar-refractivity contribution in [3.8, 4) is 28.3 Å². The number of piperidine rings is 2. The van der Waals surface area contributed by atoms with E-state index in [4.69, 9.17) is 61.3 Å². The van der Waals surface area contributed by atoms with E-state index in [2.05, 4.69) is 51.9 Å². The third-order valence-corrected chi connectivity index (χ3v) is 19.7. The molecular weight excluding hydrogens is 1250 g/mol. The molecule has 0 bridgehead atoms. The Hall–Kier alpha value is -8.40. The number of nitrogens with one attached hydrogen (secondary N) is 4. The highest BCUT2D eigenvalue weighted by Gasteiger charge is 2.34. The molecule has 88 heavy (non-hydrogen) atoms. The number of benzene rings is 6. The zero-order valence-corrected chi connectivity index (χ0v) is 51.4. The molecule has 0 unspecified atom stereocenters. The number of hydrogen-bond acceptors (Lipinski definition) is 15. The molecule has 2 aliphatic heterocycles. The summed E-state index contributed by atoms with van der Waals surface area (Å²) in [6.07, 6.45) is 2.50. The minimum absolute atomic E-state index is 0.0534. The lowest BCUT2D eigenvalue weighted by Gasteiger charge is -2.31. The standard InChI is InChI=1S/C30H28Cl2N8O4S.C29H26Cl2N8O3S/c1-44-25-3-2-4-26(16-25)45(42,43)39-11-9-20(10-12-39)28-17-27(22-13-23(31)15-24(32)14-22)36-40(28)18-19-5-7-21(8-6-19)29(41)33-30-34-37-38-35-30;30-23-14-22(15-24(31)16-23)26-17-27(20-10-12-38(13-11-20)43(41,42)25-4-2-1-3-5-25)39(35-26)18-19-6-8-21(9-7-19)28(40)32-29-33-36-37-34-29/h2-8,13-17,20H,9-12,18H2,1H3,(H2,33,34,35,37,38,41);1-9,14-17,20H,10-13,18H2,(H2,32,33,34,36,37,40). The summed E-state index contributed by atoms with van der Waals surface area (Å²) >= 11 is 25.2. The van der Waals surface area contributed by atoms with Crippen molar-refractivity contribution < 1.29 is 31.2 Å². The average molecular weight is 1310 g/mol. The van der Waals surface area contributed by atoms with Crippen LogP contribution in [-0.2, 0) is 33.1 Å². The van der Waals surface area contributed by atoms with Gasteiger partial charge in [-0.1, -0.05) is 105 Å². The highest BCUT2D eigenvalue weighted by molar-refractivity contribution is 7.89. The van der Waals surface area contributed by atoms with E-state index >= 15 is 0 Å². The van der Waals surface area contributed by atoms with E-state index in [1.807, 2.05) is 70.0 Å². The van der Waals surface area contributed by atoms with Crippen LogP contribution in [0.1, 0.15) is 80.7 Å². The number of carbonyl (C=O) groups is 2. The SMILES string of the molecule is COc1cccc(S(=O)(=O)N2CCC(c3cc(-c4cc(Cl)cc(Cl)c4)nn3Cc3ccc(C(=O)Nc4nn[nH]n4)cc3)CC2)c1.O=C(Nc1nn[nH]n1)c1ccc(Cn2nc(-c3cc(Cl)cc(Cl)c3)cc2C2CCN(S(=O)(=O)c3ccccc3)CC2)cc1. The highest BCUT2D eigenvalue weighted by atomic mass is 35.5. The molecule has 2 amide bonds. The normalized spacial score (nSPS) is 14.5. The fourth-order valence-electron chi connectivity index (χ4n) is 10.5. The lowest BCUT2D eigenvalue weighted by Crippen LogP contribution is -2.38. The van der Waals surface area contributed by atoms with Crippen LogP contribution in [-0.4, -0.2) is 131 Å². The van der Waals surface area contributed by atoms with Gasteiger partial charge in [0.05, 0.1) is 41.4 Å². The topological polar surface area (TPSA) is 287 Å². The third-order valence-electron chi connectivity index (χ3n) is 15.0. The number of nitrogens with zero attached hydrogens (tertiary/aromatic N) is 12. The van der Waals surface area contributed by atoms with Crippen LogP contribution in [0.3, 0.4) is 0 Å². The number of hydrogen-bond donors (Lipinski definition) is 4. The van der Waals surface area contributed by atoms with E-state index in [0.29, 0.717) is 113 Å². The molecule has 0 atom stereocenters. The molecule has 10 aromatic rings. The fourth-order valence-corrected chi connectivity index (χ4v) is 14.6. The van der Waals surface area contributed by atoms with Crippen molar-refractivity contribution in [1.29, 1.82) is 0 Å². The van der Waals surface area contributed by atoms with Crippen LogP contribution in [0.25, 0.3) is 22.5 Å². The predicted molar refractivity (Wildman–Crippen MR) is 332 cm³/mol. The maximum Gasteiger partial charge on any atom is 0.270 e. The number of amides is 2. The lowest BCUT2D eigenvalue weighted by molar-refractivity contribution is 0.101. The fraction of sp³-hybridized carbons (Fsp3) is 0.220. The van der Waals surface area contributed by atoms with E-state index < -0.39 is 20.0 Å². The molecular formula is C59H54Cl4N16O7S2. The molecule has 0 radical (unpaired) electrons. The third kappa shape index (κ3) is 14.4. The van der Waals surface area contributed by atoms with Gasteiger partial charge in [0.25, 0.3) is 23.7 Å². The number of H-pyrrole nitrogens is 2. The van der Waals surface area contributed by atoms with Crippen molar-refractivity contribution in [1.82, 2.24) is 69.4 Å². The summed E-state index contributed by atoms with van der Waals surface area (Å²) in [5.41, 5.74) is 7.67. The molecule has 2 saturated heterocycles. The second kappa shape index (κ2) is 26.9. The van der Waals surface area contributed by atoms with Gasteiger partial charge in [0.1, 0.15) is 5.75 Å². The summed E-state index contributed by atoms with van der Waals surface area (Å²) in [5.74, 6) is 0.0799. The summed E-state index contributed by atoms with van der Waals surface area (Å²) in [6, 6.07) is 44.0. The largest absolute Gasteiger partial charge is 0.497 e. The number of ether oxygens (including phenoxy) is 1.